The Balaban J connectivity index is 1.25. The second kappa shape index (κ2) is 8.74. The fraction of sp³-hybridized carbons (Fsp3) is 0. The van der Waals surface area contributed by atoms with E-state index in [9.17, 15) is 0 Å². The number of nitrogens with zero attached hydrogens (tertiary/aromatic N) is 4. The maximum Gasteiger partial charge on any atom is 0.258 e. The Kier molecular flexibility index (Phi) is 4.38. The molecule has 0 N–H and O–H groups in total. The molecule has 14 rings (SSSR count). The summed E-state index contributed by atoms with van der Waals surface area (Å²) in [5.41, 5.74) is 15.1. The van der Waals surface area contributed by atoms with Crippen LogP contribution >= 0.6 is 0 Å². The average molecular weight is 660 g/mol. The predicted molar refractivity (Wildman–Crippen MR) is 211 cm³/mol. The lowest BCUT2D eigenvalue weighted by atomic mass is 9.34. The molecule has 0 aliphatic carbocycles. The first-order valence-electron chi connectivity index (χ1n) is 17.8. The van der Waals surface area contributed by atoms with Crippen LogP contribution in [0.4, 0.5) is 0 Å². The van der Waals surface area contributed by atoms with E-state index in [1.807, 2.05) is 12.1 Å². The lowest BCUT2D eigenvalue weighted by molar-refractivity contribution is 0.466. The van der Waals surface area contributed by atoms with Crippen molar-refractivity contribution in [1.82, 2.24) is 19.1 Å². The smallest absolute Gasteiger partial charge is 0.258 e. The van der Waals surface area contributed by atoms with Crippen LogP contribution in [0.2, 0.25) is 0 Å². The molecule has 4 aromatic heterocycles. The number of aromatic nitrogens is 4. The Bertz CT molecular complexity index is 3120. The first-order chi connectivity index (χ1) is 25.8. The summed E-state index contributed by atoms with van der Waals surface area (Å²) in [5, 5.41) is 4.88. The van der Waals surface area contributed by atoms with Crippen molar-refractivity contribution in [2.45, 2.75) is 0 Å². The van der Waals surface area contributed by atoms with Gasteiger partial charge in [0.1, 0.15) is 22.5 Å². The number of fused-ring (bicyclic) bond motifs is 17. The molecule has 0 saturated carbocycles. The molecule has 4 aliphatic rings. The van der Waals surface area contributed by atoms with Gasteiger partial charge in [0.15, 0.2) is 0 Å². The molecule has 0 atom stereocenters. The van der Waals surface area contributed by atoms with Gasteiger partial charge >= 0.3 is 0 Å². The molecule has 236 valence electrons. The summed E-state index contributed by atoms with van der Waals surface area (Å²) in [5.74, 6) is 2.94. The molecule has 0 fully saturated rings. The van der Waals surface area contributed by atoms with Crippen LogP contribution in [0.1, 0.15) is 0 Å². The van der Waals surface area contributed by atoms with Crippen LogP contribution < -0.4 is 42.3 Å². The van der Waals surface area contributed by atoms with Gasteiger partial charge in [0.25, 0.3) is 13.4 Å². The third-order valence-electron chi connectivity index (χ3n) is 12.0. The molecule has 0 bridgehead atoms. The minimum absolute atomic E-state index is 0.0733. The molecule has 8 heteroatoms. The van der Waals surface area contributed by atoms with Crippen molar-refractivity contribution >= 4 is 101 Å². The normalized spacial score (nSPS) is 14.0. The average Bonchev–Trinajstić information content (AvgIpc) is 3.72. The van der Waals surface area contributed by atoms with Gasteiger partial charge in [-0.3, -0.25) is 0 Å². The van der Waals surface area contributed by atoms with Gasteiger partial charge in [-0.15, -0.1) is 0 Å². The minimum Gasteiger partial charge on any atom is -0.440 e. The number of para-hydroxylation sites is 6. The molecule has 4 aliphatic heterocycles. The Hall–Kier alpha value is -6.79. The number of benzene rings is 6. The topological polar surface area (TPSA) is 54.1 Å². The van der Waals surface area contributed by atoms with Crippen LogP contribution in [0.5, 0.6) is 23.3 Å². The van der Waals surface area contributed by atoms with Crippen molar-refractivity contribution < 1.29 is 9.47 Å². The summed E-state index contributed by atoms with van der Waals surface area (Å²) in [6.45, 7) is -0.147. The Labute approximate surface area is 296 Å². The molecule has 0 spiro atoms. The molecule has 52 heavy (non-hydrogen) atoms. The van der Waals surface area contributed by atoms with Gasteiger partial charge in [-0.1, -0.05) is 109 Å². The first kappa shape index (κ1) is 26.1. The largest absolute Gasteiger partial charge is 0.440 e. The maximum absolute atomic E-state index is 6.90. The fourth-order valence-electron chi connectivity index (χ4n) is 10.2. The number of ether oxygens (including phenoxy) is 2. The quantitative estimate of drug-likeness (QED) is 0.196. The third kappa shape index (κ3) is 2.82. The maximum atomic E-state index is 6.90. The minimum atomic E-state index is -0.0733. The lowest BCUT2D eigenvalue weighted by Gasteiger charge is -2.35. The van der Waals surface area contributed by atoms with Crippen LogP contribution in [-0.2, 0) is 0 Å². The Morgan fingerprint density at radius 2 is 0.808 bits per heavy atom. The number of hydrogen-bond acceptors (Lipinski definition) is 4. The second-order valence-electron chi connectivity index (χ2n) is 14.4. The predicted octanol–water partition coefficient (Wildman–Crippen LogP) is 5.69. The van der Waals surface area contributed by atoms with E-state index in [4.69, 9.17) is 19.4 Å². The molecular weight excluding hydrogens is 638 g/mol. The van der Waals surface area contributed by atoms with Gasteiger partial charge < -0.3 is 18.6 Å². The summed E-state index contributed by atoms with van der Waals surface area (Å²) in [6, 6.07) is 47.7. The molecule has 0 unspecified atom stereocenters. The Morgan fingerprint density at radius 1 is 0.404 bits per heavy atom. The van der Waals surface area contributed by atoms with Gasteiger partial charge in [0.2, 0.25) is 11.8 Å². The summed E-state index contributed by atoms with van der Waals surface area (Å²) < 4.78 is 18.6. The SMILES string of the molecule is c1ccc2c(c1)Oc1nc3c4c5c(nc3c3c1B2c1cccc2c6ccccc6n-3c12)Oc1ccccc1B5c1cccc2c3ccccc3n-4c12. The molecule has 6 aromatic carbocycles. The van der Waals surface area contributed by atoms with E-state index in [1.165, 1.54) is 43.5 Å². The van der Waals surface area contributed by atoms with Gasteiger partial charge in [0.05, 0.1) is 22.4 Å². The van der Waals surface area contributed by atoms with Crippen molar-refractivity contribution in [1.29, 1.82) is 0 Å². The highest BCUT2D eigenvalue weighted by Crippen LogP contribution is 2.43. The zero-order chi connectivity index (χ0) is 33.4. The van der Waals surface area contributed by atoms with E-state index < -0.39 is 0 Å². The molecule has 6 nitrogen and oxygen atoms in total. The fourth-order valence-corrected chi connectivity index (χ4v) is 10.2. The van der Waals surface area contributed by atoms with E-state index in [0.29, 0.717) is 11.8 Å². The highest BCUT2D eigenvalue weighted by Gasteiger charge is 2.46. The van der Waals surface area contributed by atoms with Crippen molar-refractivity contribution in [2.24, 2.45) is 0 Å². The summed E-state index contributed by atoms with van der Waals surface area (Å²) in [4.78, 5) is 11.2. The first-order valence-corrected chi connectivity index (χ1v) is 17.8. The highest BCUT2D eigenvalue weighted by atomic mass is 16.5. The van der Waals surface area contributed by atoms with Crippen LogP contribution in [0, 0.1) is 0 Å². The monoisotopic (exact) mass is 660 g/mol. The molecule has 10 aromatic rings. The second-order valence-corrected chi connectivity index (χ2v) is 14.4. The zero-order valence-electron chi connectivity index (χ0n) is 27.5. The molecule has 0 radical (unpaired) electrons. The van der Waals surface area contributed by atoms with E-state index >= 15 is 0 Å². The summed E-state index contributed by atoms with van der Waals surface area (Å²) >= 11 is 0. The summed E-state index contributed by atoms with van der Waals surface area (Å²) in [7, 11) is 0. The van der Waals surface area contributed by atoms with Crippen molar-refractivity contribution in [3.63, 3.8) is 0 Å². The van der Waals surface area contributed by atoms with Gasteiger partial charge in [-0.05, 0) is 46.1 Å². The molecule has 0 saturated heterocycles. The van der Waals surface area contributed by atoms with E-state index in [-0.39, 0.29) is 13.4 Å². The van der Waals surface area contributed by atoms with Crippen LogP contribution in [-0.4, -0.2) is 32.5 Å². The van der Waals surface area contributed by atoms with Crippen LogP contribution in [0.3, 0.4) is 0 Å². The molecule has 0 amide bonds. The number of rotatable bonds is 0. The molecule has 8 heterocycles. The third-order valence-corrected chi connectivity index (χ3v) is 12.0. The van der Waals surface area contributed by atoms with Gasteiger partial charge in [0, 0.05) is 43.5 Å². The zero-order valence-corrected chi connectivity index (χ0v) is 27.5. The van der Waals surface area contributed by atoms with Gasteiger partial charge in [-0.25, -0.2) is 9.97 Å². The van der Waals surface area contributed by atoms with Crippen LogP contribution in [0.25, 0.3) is 66.0 Å². The number of pyridine rings is 2. The standard InChI is InChI=1S/C44H22B2N4O2/c1-5-19-31-23(11-1)25-13-9-17-29-39(25)49(31)41-35-43(51-33-21-7-3-15-27(33)45(29)35)48-38-37(41)47-44-36-42(38)50-32-20-6-2-12-24(32)26-14-10-18-30(40(26)50)46(36)28-16-4-8-22-34(28)52-44/h1-22H. The van der Waals surface area contributed by atoms with E-state index in [0.717, 1.165) is 66.8 Å². The van der Waals surface area contributed by atoms with Crippen molar-refractivity contribution in [3.05, 3.63) is 133 Å². The lowest BCUT2D eigenvalue weighted by Crippen LogP contribution is -2.59. The van der Waals surface area contributed by atoms with E-state index in [2.05, 4.69) is 130 Å². The Morgan fingerprint density at radius 3 is 1.31 bits per heavy atom. The van der Waals surface area contributed by atoms with E-state index in [1.54, 1.807) is 0 Å². The highest BCUT2D eigenvalue weighted by molar-refractivity contribution is 7.00. The summed E-state index contributed by atoms with van der Waals surface area (Å²) in [6.07, 6.45) is 0. The van der Waals surface area contributed by atoms with Crippen molar-refractivity contribution in [3.8, 4) is 34.6 Å². The molecular formula is C44H22B2N4O2. The van der Waals surface area contributed by atoms with Gasteiger partial charge in [-0.2, -0.15) is 0 Å². The number of hydrogen-bond donors (Lipinski definition) is 0. The van der Waals surface area contributed by atoms with Crippen molar-refractivity contribution in [2.75, 3.05) is 0 Å². The van der Waals surface area contributed by atoms with Crippen LogP contribution in [0.15, 0.2) is 133 Å².